The minimum atomic E-state index is -0.989. The Bertz CT molecular complexity index is 1490. The van der Waals surface area contributed by atoms with Crippen LogP contribution in [-0.4, -0.2) is 44.6 Å². The van der Waals surface area contributed by atoms with Crippen LogP contribution in [0.1, 0.15) is 31.4 Å². The molecule has 0 unspecified atom stereocenters. The highest BCUT2D eigenvalue weighted by molar-refractivity contribution is 6.42. The van der Waals surface area contributed by atoms with Crippen LogP contribution < -0.4 is 11.0 Å². The van der Waals surface area contributed by atoms with Crippen LogP contribution in [0.3, 0.4) is 0 Å². The molecular weight excluding hydrogens is 515 g/mol. The summed E-state index contributed by atoms with van der Waals surface area (Å²) in [4.78, 5) is 41.3. The molecule has 8 nitrogen and oxygen atoms in total. The number of halogens is 2. The fourth-order valence-corrected chi connectivity index (χ4v) is 4.65. The fourth-order valence-electron chi connectivity index (χ4n) is 4.35. The number of hydrogen-bond acceptors (Lipinski definition) is 3. The van der Waals surface area contributed by atoms with Crippen LogP contribution in [0.5, 0.6) is 0 Å². The van der Waals surface area contributed by atoms with Gasteiger partial charge in [0.15, 0.2) is 0 Å². The third-order valence-electron chi connectivity index (χ3n) is 6.37. The van der Waals surface area contributed by atoms with Crippen LogP contribution in [0.4, 0.5) is 10.5 Å². The number of likely N-dealkylation sites (tertiary alicyclic amines) is 1. The normalized spacial score (nSPS) is 14.9. The summed E-state index contributed by atoms with van der Waals surface area (Å²) in [5.41, 5.74) is 3.36. The Morgan fingerprint density at radius 1 is 1.16 bits per heavy atom. The number of aliphatic carboxylic acids is 1. The molecule has 1 aliphatic rings. The first-order valence-electron chi connectivity index (χ1n) is 11.7. The summed E-state index contributed by atoms with van der Waals surface area (Å²) >= 11 is 12.0. The summed E-state index contributed by atoms with van der Waals surface area (Å²) in [5, 5.41) is 12.6. The first-order chi connectivity index (χ1) is 17.7. The van der Waals surface area contributed by atoms with Crippen molar-refractivity contribution >= 4 is 57.5 Å². The average molecular weight is 541 g/mol. The summed E-state index contributed by atoms with van der Waals surface area (Å²) in [6, 6.07) is 10.2. The molecule has 2 aromatic carbocycles. The van der Waals surface area contributed by atoms with E-state index in [9.17, 15) is 14.4 Å². The number of carboxylic acids is 1. The van der Waals surface area contributed by atoms with Gasteiger partial charge in [0.1, 0.15) is 0 Å². The number of fused-ring (bicyclic) bond motifs is 1. The van der Waals surface area contributed by atoms with E-state index in [-0.39, 0.29) is 23.3 Å². The largest absolute Gasteiger partial charge is 0.478 e. The van der Waals surface area contributed by atoms with E-state index < -0.39 is 5.97 Å². The van der Waals surface area contributed by atoms with Crippen molar-refractivity contribution in [1.82, 2.24) is 14.5 Å². The van der Waals surface area contributed by atoms with Gasteiger partial charge in [-0.2, -0.15) is 0 Å². The maximum Gasteiger partial charge on any atom is 0.331 e. The van der Waals surface area contributed by atoms with Crippen LogP contribution in [0.25, 0.3) is 16.6 Å². The van der Waals surface area contributed by atoms with Crippen LogP contribution in [0.2, 0.25) is 10.0 Å². The number of amides is 2. The number of piperidine rings is 1. The van der Waals surface area contributed by atoms with Gasteiger partial charge in [0, 0.05) is 36.0 Å². The Labute approximate surface area is 223 Å². The van der Waals surface area contributed by atoms with Gasteiger partial charge in [-0.1, -0.05) is 60.1 Å². The number of aromatic amines is 1. The number of anilines is 1. The zero-order valence-electron chi connectivity index (χ0n) is 20.1. The number of allylic oxidation sites excluding steroid dienone is 4. The average Bonchev–Trinajstić information content (AvgIpc) is 3.21. The summed E-state index contributed by atoms with van der Waals surface area (Å²) in [7, 11) is 0. The fraction of sp³-hybridized carbons (Fsp3) is 0.222. The zero-order chi connectivity index (χ0) is 26.7. The molecule has 2 amide bonds. The molecule has 1 fully saturated rings. The highest BCUT2D eigenvalue weighted by atomic mass is 35.5. The molecule has 0 radical (unpaired) electrons. The van der Waals surface area contributed by atoms with Gasteiger partial charge in [-0.15, -0.1) is 0 Å². The Hall–Kier alpha value is -3.75. The minimum absolute atomic E-state index is 0.0736. The van der Waals surface area contributed by atoms with Gasteiger partial charge in [0.05, 0.1) is 21.1 Å². The van der Waals surface area contributed by atoms with Crippen molar-refractivity contribution < 1.29 is 14.7 Å². The van der Waals surface area contributed by atoms with Gasteiger partial charge in [-0.25, -0.2) is 14.4 Å². The van der Waals surface area contributed by atoms with E-state index in [4.69, 9.17) is 28.3 Å². The third kappa shape index (κ3) is 5.81. The van der Waals surface area contributed by atoms with Crippen molar-refractivity contribution in [2.75, 3.05) is 18.4 Å². The number of para-hydroxylation sites is 1. The molecule has 0 aliphatic carbocycles. The number of imidazole rings is 1. The van der Waals surface area contributed by atoms with Gasteiger partial charge in [-0.3, -0.25) is 4.57 Å². The van der Waals surface area contributed by atoms with E-state index in [0.29, 0.717) is 52.8 Å². The molecule has 3 N–H and O–H groups in total. The minimum Gasteiger partial charge on any atom is -0.478 e. The lowest BCUT2D eigenvalue weighted by atomic mass is 10.0. The van der Waals surface area contributed by atoms with E-state index in [1.807, 2.05) is 18.2 Å². The first-order valence-corrected chi connectivity index (χ1v) is 12.4. The predicted molar refractivity (Wildman–Crippen MR) is 147 cm³/mol. The number of urea groups is 1. The van der Waals surface area contributed by atoms with E-state index in [1.54, 1.807) is 39.8 Å². The molecule has 37 heavy (non-hydrogen) atoms. The molecule has 4 rings (SSSR count). The van der Waals surface area contributed by atoms with Crippen molar-refractivity contribution in [3.8, 4) is 0 Å². The number of benzene rings is 2. The van der Waals surface area contributed by atoms with E-state index in [2.05, 4.69) is 16.9 Å². The molecule has 10 heteroatoms. The Morgan fingerprint density at radius 2 is 1.89 bits per heavy atom. The number of carbonyl (C=O) groups is 2. The number of H-pyrrole nitrogens is 1. The molecule has 1 aliphatic heterocycles. The number of rotatable bonds is 6. The van der Waals surface area contributed by atoms with E-state index in [1.165, 1.54) is 13.0 Å². The number of carboxylic acid groups (broad SMARTS) is 1. The number of carbonyl (C=O) groups excluding carboxylic acids is 1. The molecule has 2 heterocycles. The second kappa shape index (κ2) is 11.1. The Balaban J connectivity index is 1.48. The van der Waals surface area contributed by atoms with E-state index in [0.717, 1.165) is 11.1 Å². The lowest BCUT2D eigenvalue weighted by Gasteiger charge is -2.32. The molecule has 3 aromatic rings. The first kappa shape index (κ1) is 26.3. The van der Waals surface area contributed by atoms with Gasteiger partial charge >= 0.3 is 17.7 Å². The molecule has 1 aromatic heterocycles. The number of aromatic nitrogens is 2. The molecule has 0 spiro atoms. The van der Waals surface area contributed by atoms with Crippen LogP contribution >= 0.6 is 23.2 Å². The van der Waals surface area contributed by atoms with Crippen LogP contribution in [0.15, 0.2) is 71.6 Å². The van der Waals surface area contributed by atoms with Crippen molar-refractivity contribution in [3.05, 3.63) is 92.9 Å². The van der Waals surface area contributed by atoms with Gasteiger partial charge < -0.3 is 20.3 Å². The quantitative estimate of drug-likeness (QED) is 0.259. The lowest BCUT2D eigenvalue weighted by Crippen LogP contribution is -2.42. The summed E-state index contributed by atoms with van der Waals surface area (Å²) < 4.78 is 1.75. The highest BCUT2D eigenvalue weighted by Gasteiger charge is 2.26. The zero-order valence-corrected chi connectivity index (χ0v) is 21.6. The topological polar surface area (TPSA) is 107 Å². The summed E-state index contributed by atoms with van der Waals surface area (Å²) in [6.45, 7) is 6.57. The molecular formula is C27H26Cl2N4O4. The summed E-state index contributed by atoms with van der Waals surface area (Å²) in [6.07, 6.45) is 6.06. The highest BCUT2D eigenvalue weighted by Crippen LogP contribution is 2.29. The van der Waals surface area contributed by atoms with Crippen LogP contribution in [-0.2, 0) is 4.79 Å². The maximum absolute atomic E-state index is 13.0. The molecule has 192 valence electrons. The number of nitrogens with zero attached hydrogens (tertiary/aromatic N) is 2. The Morgan fingerprint density at radius 3 is 2.57 bits per heavy atom. The Kier molecular flexibility index (Phi) is 7.90. The van der Waals surface area contributed by atoms with Gasteiger partial charge in [0.25, 0.3) is 0 Å². The van der Waals surface area contributed by atoms with Crippen molar-refractivity contribution in [2.45, 2.75) is 25.8 Å². The monoisotopic (exact) mass is 540 g/mol. The standard InChI is InChI=1S/C27H26Cl2N4O4/c1-16(5-3-6-17(2)25(34)35)20-7-4-8-23-24(20)31-27(37)33(23)19-11-13-32(14-12-19)26(36)30-18-9-10-21(28)22(29)15-18/h3-10,15,19H,1,11-14H2,2H3,(H,30,36)(H,31,37)(H,34,35)/b5-3-,17-6+. The lowest BCUT2D eigenvalue weighted by molar-refractivity contribution is -0.132. The van der Waals surface area contributed by atoms with E-state index >= 15 is 0 Å². The summed E-state index contributed by atoms with van der Waals surface area (Å²) in [5.74, 6) is -0.989. The maximum atomic E-state index is 13.0. The van der Waals surface area contributed by atoms with Crippen molar-refractivity contribution in [3.63, 3.8) is 0 Å². The second-order valence-corrected chi connectivity index (χ2v) is 9.63. The predicted octanol–water partition coefficient (Wildman–Crippen LogP) is 6.11. The van der Waals surface area contributed by atoms with Crippen molar-refractivity contribution in [1.29, 1.82) is 0 Å². The number of hydrogen-bond donors (Lipinski definition) is 3. The molecule has 0 saturated carbocycles. The van der Waals surface area contributed by atoms with Crippen molar-refractivity contribution in [2.24, 2.45) is 0 Å². The molecule has 0 atom stereocenters. The van der Waals surface area contributed by atoms with Gasteiger partial charge in [0.2, 0.25) is 0 Å². The molecule has 1 saturated heterocycles. The third-order valence-corrected chi connectivity index (χ3v) is 7.11. The van der Waals surface area contributed by atoms with Crippen LogP contribution in [0, 0.1) is 0 Å². The molecule has 0 bridgehead atoms. The smallest absolute Gasteiger partial charge is 0.331 e. The van der Waals surface area contributed by atoms with Gasteiger partial charge in [-0.05, 0) is 49.6 Å². The SMILES string of the molecule is C=C(/C=C\C=C(/C)C(=O)O)c1cccc2c1[nH]c(=O)n2C1CCN(C(=O)Nc2ccc(Cl)c(Cl)c2)CC1. The second-order valence-electron chi connectivity index (χ2n) is 8.82. The number of nitrogens with one attached hydrogen (secondary N) is 2.